The van der Waals surface area contributed by atoms with E-state index in [1.807, 2.05) is 0 Å². The van der Waals surface area contributed by atoms with Gasteiger partial charge in [0.15, 0.2) is 0 Å². The lowest BCUT2D eigenvalue weighted by molar-refractivity contribution is -0.143. The number of anilines is 1. The zero-order valence-corrected chi connectivity index (χ0v) is 11.1. The topological polar surface area (TPSA) is 64.1 Å². The Bertz CT molecular complexity index is 423. The number of aromatic nitrogens is 2. The van der Waals surface area contributed by atoms with Gasteiger partial charge in [0.05, 0.1) is 6.61 Å². The molecule has 1 aromatic rings. The molecule has 0 bridgehead atoms. The summed E-state index contributed by atoms with van der Waals surface area (Å²) < 4.78 is 4.90. The molecule has 0 saturated carbocycles. The number of aryl methyl sites for hydroxylation is 1. The molecule has 1 atom stereocenters. The van der Waals surface area contributed by atoms with Crippen LogP contribution in [0.25, 0.3) is 0 Å². The van der Waals surface area contributed by atoms with E-state index < -0.39 is 6.04 Å². The number of halogens is 1. The fourth-order valence-electron chi connectivity index (χ4n) is 1.27. The molecule has 0 radical (unpaired) electrons. The third-order valence-electron chi connectivity index (χ3n) is 2.19. The first-order chi connectivity index (χ1) is 7.95. The van der Waals surface area contributed by atoms with Crippen LogP contribution in [0.1, 0.15) is 25.2 Å². The van der Waals surface area contributed by atoms with Gasteiger partial charge in [-0.05, 0) is 27.7 Å². The molecule has 1 aromatic heterocycles. The van der Waals surface area contributed by atoms with E-state index in [9.17, 15) is 4.79 Å². The lowest BCUT2D eigenvalue weighted by Crippen LogP contribution is -2.29. The minimum atomic E-state index is -0.473. The molecule has 0 aliphatic carbocycles. The van der Waals surface area contributed by atoms with Crippen molar-refractivity contribution in [2.24, 2.45) is 0 Å². The summed E-state index contributed by atoms with van der Waals surface area (Å²) in [5.41, 5.74) is 0.716. The van der Waals surface area contributed by atoms with Crippen molar-refractivity contribution in [1.82, 2.24) is 9.97 Å². The van der Waals surface area contributed by atoms with Crippen molar-refractivity contribution >= 4 is 23.4 Å². The maximum atomic E-state index is 11.5. The SMILES string of the molecule is CCOC(=O)C(C)Nc1nc(C)nc(Cl)c1C. The van der Waals surface area contributed by atoms with Crippen molar-refractivity contribution < 1.29 is 9.53 Å². The second kappa shape index (κ2) is 5.82. The van der Waals surface area contributed by atoms with Crippen molar-refractivity contribution in [3.8, 4) is 0 Å². The van der Waals surface area contributed by atoms with Gasteiger partial charge in [-0.3, -0.25) is 0 Å². The summed E-state index contributed by atoms with van der Waals surface area (Å²) in [5.74, 6) is 0.793. The zero-order chi connectivity index (χ0) is 13.0. The normalized spacial score (nSPS) is 12.1. The molecule has 1 heterocycles. The Labute approximate surface area is 106 Å². The smallest absolute Gasteiger partial charge is 0.328 e. The first-order valence-electron chi connectivity index (χ1n) is 5.39. The predicted molar refractivity (Wildman–Crippen MR) is 66.2 cm³/mol. The van der Waals surface area contributed by atoms with Crippen LogP contribution in [0.4, 0.5) is 5.82 Å². The predicted octanol–water partition coefficient (Wildman–Crippen LogP) is 2.11. The van der Waals surface area contributed by atoms with Gasteiger partial charge in [-0.25, -0.2) is 14.8 Å². The van der Waals surface area contributed by atoms with Crippen molar-refractivity contribution in [3.05, 3.63) is 16.5 Å². The first-order valence-corrected chi connectivity index (χ1v) is 5.77. The molecular formula is C11H16ClN3O2. The number of ether oxygens (including phenoxy) is 1. The Morgan fingerprint density at radius 2 is 2.12 bits per heavy atom. The zero-order valence-electron chi connectivity index (χ0n) is 10.4. The third kappa shape index (κ3) is 3.56. The monoisotopic (exact) mass is 257 g/mol. The van der Waals surface area contributed by atoms with Gasteiger partial charge in [-0.2, -0.15) is 0 Å². The first kappa shape index (κ1) is 13.7. The average molecular weight is 258 g/mol. The highest BCUT2D eigenvalue weighted by Gasteiger charge is 2.16. The van der Waals surface area contributed by atoms with E-state index in [4.69, 9.17) is 16.3 Å². The lowest BCUT2D eigenvalue weighted by Gasteiger charge is -2.15. The number of hydrogen-bond acceptors (Lipinski definition) is 5. The Balaban J connectivity index is 2.84. The standard InChI is InChI=1S/C11H16ClN3O2/c1-5-17-11(16)7(3)13-10-6(2)9(12)14-8(4)15-10/h7H,5H2,1-4H3,(H,13,14,15). The van der Waals surface area contributed by atoms with Gasteiger partial charge in [0.25, 0.3) is 0 Å². The van der Waals surface area contributed by atoms with Crippen LogP contribution in [0.5, 0.6) is 0 Å². The molecule has 6 heteroatoms. The number of esters is 1. The molecular weight excluding hydrogens is 242 g/mol. The van der Waals surface area contributed by atoms with Gasteiger partial charge in [0.2, 0.25) is 0 Å². The van der Waals surface area contributed by atoms with Crippen LogP contribution in [0.15, 0.2) is 0 Å². The molecule has 17 heavy (non-hydrogen) atoms. The fraction of sp³-hybridized carbons (Fsp3) is 0.545. The Morgan fingerprint density at radius 1 is 1.47 bits per heavy atom. The van der Waals surface area contributed by atoms with Crippen molar-refractivity contribution in [1.29, 1.82) is 0 Å². The molecule has 1 unspecified atom stereocenters. The number of rotatable bonds is 4. The number of carbonyl (C=O) groups is 1. The van der Waals surface area contributed by atoms with Gasteiger partial charge in [0.1, 0.15) is 22.8 Å². The van der Waals surface area contributed by atoms with Gasteiger partial charge in [-0.15, -0.1) is 0 Å². The maximum absolute atomic E-state index is 11.5. The molecule has 1 rings (SSSR count). The molecule has 0 fully saturated rings. The molecule has 0 spiro atoms. The number of hydrogen-bond donors (Lipinski definition) is 1. The Morgan fingerprint density at radius 3 is 2.71 bits per heavy atom. The number of carbonyl (C=O) groups excluding carboxylic acids is 1. The lowest BCUT2D eigenvalue weighted by atomic mass is 10.3. The fourth-order valence-corrected chi connectivity index (χ4v) is 1.48. The van der Waals surface area contributed by atoms with E-state index in [1.165, 1.54) is 0 Å². The van der Waals surface area contributed by atoms with Crippen LogP contribution in [0.3, 0.4) is 0 Å². The highest BCUT2D eigenvalue weighted by Crippen LogP contribution is 2.20. The molecule has 0 aliphatic heterocycles. The second-order valence-corrected chi connectivity index (χ2v) is 4.01. The second-order valence-electron chi connectivity index (χ2n) is 3.65. The average Bonchev–Trinajstić information content (AvgIpc) is 2.25. The molecule has 0 saturated heterocycles. The van der Waals surface area contributed by atoms with Crippen LogP contribution >= 0.6 is 11.6 Å². The minimum absolute atomic E-state index is 0.320. The molecule has 0 aromatic carbocycles. The Hall–Kier alpha value is -1.36. The highest BCUT2D eigenvalue weighted by atomic mass is 35.5. The van der Waals surface area contributed by atoms with Gasteiger partial charge in [0, 0.05) is 5.56 Å². The van der Waals surface area contributed by atoms with Crippen LogP contribution in [0.2, 0.25) is 5.15 Å². The van der Waals surface area contributed by atoms with Crippen molar-refractivity contribution in [3.63, 3.8) is 0 Å². The molecule has 94 valence electrons. The Kier molecular flexibility index (Phi) is 4.69. The van der Waals surface area contributed by atoms with E-state index in [0.717, 1.165) is 0 Å². The van der Waals surface area contributed by atoms with Crippen LogP contribution in [-0.4, -0.2) is 28.6 Å². The summed E-state index contributed by atoms with van der Waals surface area (Å²) in [6.07, 6.45) is 0. The largest absolute Gasteiger partial charge is 0.464 e. The highest BCUT2D eigenvalue weighted by molar-refractivity contribution is 6.30. The van der Waals surface area contributed by atoms with Gasteiger partial charge >= 0.3 is 5.97 Å². The molecule has 0 amide bonds. The number of nitrogens with zero attached hydrogens (tertiary/aromatic N) is 2. The number of nitrogens with one attached hydrogen (secondary N) is 1. The summed E-state index contributed by atoms with van der Waals surface area (Å²) >= 11 is 5.94. The maximum Gasteiger partial charge on any atom is 0.328 e. The summed E-state index contributed by atoms with van der Waals surface area (Å²) in [7, 11) is 0. The van der Waals surface area contributed by atoms with Gasteiger partial charge < -0.3 is 10.1 Å². The van der Waals surface area contributed by atoms with E-state index in [2.05, 4.69) is 15.3 Å². The molecule has 5 nitrogen and oxygen atoms in total. The van der Waals surface area contributed by atoms with Crippen molar-refractivity contribution in [2.75, 3.05) is 11.9 Å². The van der Waals surface area contributed by atoms with E-state index in [-0.39, 0.29) is 5.97 Å². The molecule has 0 aliphatic rings. The van der Waals surface area contributed by atoms with E-state index in [0.29, 0.717) is 29.0 Å². The van der Waals surface area contributed by atoms with Crippen LogP contribution in [0, 0.1) is 13.8 Å². The summed E-state index contributed by atoms with van der Waals surface area (Å²) in [6.45, 7) is 7.37. The van der Waals surface area contributed by atoms with Crippen LogP contribution in [-0.2, 0) is 9.53 Å². The summed E-state index contributed by atoms with van der Waals surface area (Å²) in [6, 6.07) is -0.473. The van der Waals surface area contributed by atoms with Gasteiger partial charge in [-0.1, -0.05) is 11.6 Å². The summed E-state index contributed by atoms with van der Waals surface area (Å²) in [5, 5.41) is 3.35. The van der Waals surface area contributed by atoms with E-state index >= 15 is 0 Å². The van der Waals surface area contributed by atoms with Crippen LogP contribution < -0.4 is 5.32 Å². The quantitative estimate of drug-likeness (QED) is 0.661. The molecule has 1 N–H and O–H groups in total. The van der Waals surface area contributed by atoms with E-state index in [1.54, 1.807) is 27.7 Å². The minimum Gasteiger partial charge on any atom is -0.464 e. The summed E-state index contributed by atoms with van der Waals surface area (Å²) in [4.78, 5) is 19.7. The third-order valence-corrected chi connectivity index (χ3v) is 2.56. The van der Waals surface area contributed by atoms with Crippen molar-refractivity contribution in [2.45, 2.75) is 33.7 Å².